The fraction of sp³-hybridized carbons (Fsp3) is 0. The molecule has 0 saturated carbocycles. The van der Waals surface area contributed by atoms with Crippen LogP contribution in [0.15, 0.2) is 71.9 Å². The minimum absolute atomic E-state index is 0.274. The van der Waals surface area contributed by atoms with Gasteiger partial charge in [-0.2, -0.15) is 5.10 Å². The van der Waals surface area contributed by atoms with Crippen molar-refractivity contribution in [2.24, 2.45) is 0 Å². The second-order valence-corrected chi connectivity index (χ2v) is 6.35. The minimum atomic E-state index is -0.301. The number of amides is 1. The lowest BCUT2D eigenvalue weighted by molar-refractivity contribution is -0.111. The normalized spacial score (nSPS) is 11.2. The molecule has 4 aromatic rings. The van der Waals surface area contributed by atoms with Gasteiger partial charge in [-0.25, -0.2) is 9.67 Å². The first-order chi connectivity index (χ1) is 13.6. The summed E-state index contributed by atoms with van der Waals surface area (Å²) in [6.45, 7) is 0. The molecule has 4 rings (SSSR count). The Morgan fingerprint density at radius 1 is 1.14 bits per heavy atom. The standard InChI is InChI=1S/C20H14ClN5O2/c21-14-8-5-13(6-9-14)7-10-18(27)25-16-3-1-2-4-17(16)26-19-15(11-24-26)20(28)23-12-22-19/h1-12H,(H,25,27)(H,22,23,28)/b10-7+. The average Bonchev–Trinajstić information content (AvgIpc) is 3.13. The maximum atomic E-state index is 12.4. The van der Waals surface area contributed by atoms with Gasteiger partial charge in [0.1, 0.15) is 5.39 Å². The number of para-hydroxylation sites is 2. The number of anilines is 1. The number of nitrogens with one attached hydrogen (secondary N) is 2. The first-order valence-corrected chi connectivity index (χ1v) is 8.75. The first kappa shape index (κ1) is 17.7. The third-order valence-corrected chi connectivity index (χ3v) is 4.31. The summed E-state index contributed by atoms with van der Waals surface area (Å²) in [6, 6.07) is 14.3. The second-order valence-electron chi connectivity index (χ2n) is 5.92. The van der Waals surface area contributed by atoms with Crippen LogP contribution in [0.1, 0.15) is 5.56 Å². The molecule has 8 heteroatoms. The molecule has 0 atom stereocenters. The molecule has 2 N–H and O–H groups in total. The van der Waals surface area contributed by atoms with Crippen molar-refractivity contribution in [1.82, 2.24) is 19.7 Å². The molecular weight excluding hydrogens is 378 g/mol. The van der Waals surface area contributed by atoms with Gasteiger partial charge in [-0.1, -0.05) is 35.9 Å². The van der Waals surface area contributed by atoms with Crippen LogP contribution in [0.4, 0.5) is 5.69 Å². The van der Waals surface area contributed by atoms with Crippen molar-refractivity contribution in [1.29, 1.82) is 0 Å². The number of aromatic amines is 1. The van der Waals surface area contributed by atoms with Crippen molar-refractivity contribution in [3.8, 4) is 5.69 Å². The predicted octanol–water partition coefficient (Wildman–Crippen LogP) is 3.41. The van der Waals surface area contributed by atoms with Gasteiger partial charge in [0.25, 0.3) is 5.56 Å². The molecule has 2 aromatic carbocycles. The van der Waals surface area contributed by atoms with E-state index < -0.39 is 0 Å². The van der Waals surface area contributed by atoms with Crippen LogP contribution >= 0.6 is 11.6 Å². The fourth-order valence-corrected chi connectivity index (χ4v) is 2.84. The van der Waals surface area contributed by atoms with Gasteiger partial charge in [-0.3, -0.25) is 9.59 Å². The monoisotopic (exact) mass is 391 g/mol. The van der Waals surface area contributed by atoms with E-state index in [1.807, 2.05) is 18.2 Å². The molecule has 138 valence electrons. The zero-order valence-corrected chi connectivity index (χ0v) is 15.2. The molecule has 0 saturated heterocycles. The van der Waals surface area contributed by atoms with Gasteiger partial charge in [0, 0.05) is 11.1 Å². The number of aromatic nitrogens is 4. The van der Waals surface area contributed by atoms with Crippen LogP contribution in [-0.4, -0.2) is 25.7 Å². The van der Waals surface area contributed by atoms with Gasteiger partial charge in [-0.05, 0) is 35.9 Å². The summed E-state index contributed by atoms with van der Waals surface area (Å²) < 4.78 is 1.52. The van der Waals surface area contributed by atoms with E-state index in [4.69, 9.17) is 11.6 Å². The van der Waals surface area contributed by atoms with E-state index in [9.17, 15) is 9.59 Å². The lowest BCUT2D eigenvalue weighted by Gasteiger charge is -2.10. The molecule has 2 aromatic heterocycles. The van der Waals surface area contributed by atoms with Crippen LogP contribution < -0.4 is 10.9 Å². The molecule has 0 spiro atoms. The summed E-state index contributed by atoms with van der Waals surface area (Å²) in [5, 5.41) is 8.08. The molecule has 0 aliphatic carbocycles. The lowest BCUT2D eigenvalue weighted by Crippen LogP contribution is -2.12. The van der Waals surface area contributed by atoms with Crippen LogP contribution in [0.2, 0.25) is 5.02 Å². The highest BCUT2D eigenvalue weighted by Crippen LogP contribution is 2.22. The number of rotatable bonds is 4. The molecule has 0 aliphatic rings. The number of H-pyrrole nitrogens is 1. The van der Waals surface area contributed by atoms with E-state index in [1.165, 1.54) is 23.3 Å². The number of halogens is 1. The topological polar surface area (TPSA) is 92.7 Å². The van der Waals surface area contributed by atoms with Gasteiger partial charge in [0.05, 0.1) is 23.9 Å². The number of hydrogen-bond donors (Lipinski definition) is 2. The van der Waals surface area contributed by atoms with Crippen molar-refractivity contribution in [2.45, 2.75) is 0 Å². The van der Waals surface area contributed by atoms with Gasteiger partial charge in [0.2, 0.25) is 5.91 Å². The Balaban J connectivity index is 1.63. The largest absolute Gasteiger partial charge is 0.321 e. The molecule has 0 aliphatic heterocycles. The Kier molecular flexibility index (Phi) is 4.74. The van der Waals surface area contributed by atoms with E-state index in [0.717, 1.165) is 5.56 Å². The minimum Gasteiger partial charge on any atom is -0.321 e. The molecule has 0 unspecified atom stereocenters. The van der Waals surface area contributed by atoms with Gasteiger partial charge in [-0.15, -0.1) is 0 Å². The zero-order valence-electron chi connectivity index (χ0n) is 14.5. The molecule has 2 heterocycles. The molecule has 28 heavy (non-hydrogen) atoms. The summed E-state index contributed by atoms with van der Waals surface area (Å²) >= 11 is 5.86. The van der Waals surface area contributed by atoms with E-state index in [0.29, 0.717) is 27.4 Å². The van der Waals surface area contributed by atoms with Crippen LogP contribution in [0.5, 0.6) is 0 Å². The van der Waals surface area contributed by atoms with Crippen molar-refractivity contribution < 1.29 is 4.79 Å². The van der Waals surface area contributed by atoms with E-state index in [1.54, 1.807) is 36.4 Å². The second kappa shape index (κ2) is 7.50. The Bertz CT molecular complexity index is 1240. The first-order valence-electron chi connectivity index (χ1n) is 8.37. The molecule has 7 nitrogen and oxygen atoms in total. The third-order valence-electron chi connectivity index (χ3n) is 4.06. The summed E-state index contributed by atoms with van der Waals surface area (Å²) in [5.41, 5.74) is 2.13. The van der Waals surface area contributed by atoms with E-state index in [2.05, 4.69) is 20.4 Å². The van der Waals surface area contributed by atoms with Crippen molar-refractivity contribution in [2.75, 3.05) is 5.32 Å². The van der Waals surface area contributed by atoms with Crippen molar-refractivity contribution >= 4 is 40.3 Å². The zero-order chi connectivity index (χ0) is 19.5. The van der Waals surface area contributed by atoms with E-state index >= 15 is 0 Å². The third kappa shape index (κ3) is 3.56. The number of nitrogens with zero attached hydrogens (tertiary/aromatic N) is 3. The molecule has 0 radical (unpaired) electrons. The Hall–Kier alpha value is -3.71. The number of fused-ring (bicyclic) bond motifs is 1. The van der Waals surface area contributed by atoms with E-state index in [-0.39, 0.29) is 11.5 Å². The van der Waals surface area contributed by atoms with Gasteiger partial charge in [0.15, 0.2) is 5.65 Å². The highest BCUT2D eigenvalue weighted by molar-refractivity contribution is 6.30. The molecule has 0 bridgehead atoms. The van der Waals surface area contributed by atoms with Crippen LogP contribution in [0.3, 0.4) is 0 Å². The number of carbonyl (C=O) groups is 1. The summed E-state index contributed by atoms with van der Waals surface area (Å²) in [6.07, 6.45) is 5.89. The average molecular weight is 392 g/mol. The van der Waals surface area contributed by atoms with Crippen LogP contribution in [0.25, 0.3) is 22.8 Å². The molecule has 1 amide bonds. The van der Waals surface area contributed by atoms with Crippen LogP contribution in [-0.2, 0) is 4.79 Å². The maximum absolute atomic E-state index is 12.4. The SMILES string of the molecule is O=C(/C=C/c1ccc(Cl)cc1)Nc1ccccc1-n1ncc2c(=O)[nH]cnc21. The lowest BCUT2D eigenvalue weighted by atomic mass is 10.2. The van der Waals surface area contributed by atoms with Crippen LogP contribution in [0, 0.1) is 0 Å². The number of benzene rings is 2. The molecule has 0 fully saturated rings. The Labute approximate surface area is 164 Å². The van der Waals surface area contributed by atoms with Gasteiger partial charge < -0.3 is 10.3 Å². The Morgan fingerprint density at radius 3 is 2.75 bits per heavy atom. The molecular formula is C20H14ClN5O2. The highest BCUT2D eigenvalue weighted by atomic mass is 35.5. The maximum Gasteiger partial charge on any atom is 0.261 e. The number of carbonyl (C=O) groups excluding carboxylic acids is 1. The summed E-state index contributed by atoms with van der Waals surface area (Å²) in [7, 11) is 0. The highest BCUT2D eigenvalue weighted by Gasteiger charge is 2.12. The van der Waals surface area contributed by atoms with Crippen molar-refractivity contribution in [3.63, 3.8) is 0 Å². The fourth-order valence-electron chi connectivity index (χ4n) is 2.72. The Morgan fingerprint density at radius 2 is 1.93 bits per heavy atom. The predicted molar refractivity (Wildman–Crippen MR) is 109 cm³/mol. The number of hydrogen-bond acceptors (Lipinski definition) is 4. The van der Waals surface area contributed by atoms with Crippen molar-refractivity contribution in [3.05, 3.63) is 88.1 Å². The quantitative estimate of drug-likeness (QED) is 0.521. The summed E-state index contributed by atoms with van der Waals surface area (Å²) in [5.74, 6) is -0.301. The summed E-state index contributed by atoms with van der Waals surface area (Å²) in [4.78, 5) is 31.0. The van der Waals surface area contributed by atoms with Gasteiger partial charge >= 0.3 is 0 Å². The smallest absolute Gasteiger partial charge is 0.261 e.